The fraction of sp³-hybridized carbons (Fsp3) is 0.619. The first-order chi connectivity index (χ1) is 14.4. The van der Waals surface area contributed by atoms with E-state index in [-0.39, 0.29) is 36.0 Å². The van der Waals surface area contributed by atoms with Gasteiger partial charge in [0, 0.05) is 18.5 Å². The van der Waals surface area contributed by atoms with Crippen LogP contribution in [0.2, 0.25) is 0 Å². The molecule has 174 valence electrons. The van der Waals surface area contributed by atoms with Crippen LogP contribution < -0.4 is 10.6 Å². The van der Waals surface area contributed by atoms with Gasteiger partial charge >= 0.3 is 5.97 Å². The second kappa shape index (κ2) is 13.7. The number of hydrogen-bond donors (Lipinski definition) is 2. The number of hydrogen-bond acceptors (Lipinski definition) is 7. The first kappa shape index (κ1) is 27.3. The van der Waals surface area contributed by atoms with Crippen molar-refractivity contribution in [2.45, 2.75) is 72.9 Å². The van der Waals surface area contributed by atoms with Crippen LogP contribution in [0.3, 0.4) is 0 Å². The van der Waals surface area contributed by atoms with Crippen molar-refractivity contribution in [3.63, 3.8) is 0 Å². The molecule has 0 saturated carbocycles. The number of halogens is 1. The van der Waals surface area contributed by atoms with Gasteiger partial charge in [-0.3, -0.25) is 0 Å². The van der Waals surface area contributed by atoms with Crippen molar-refractivity contribution in [1.29, 1.82) is 0 Å². The average molecular weight is 564 g/mol. The second-order valence-corrected chi connectivity index (χ2v) is 8.01. The molecule has 0 spiro atoms. The summed E-state index contributed by atoms with van der Waals surface area (Å²) in [6.45, 7) is 13.4. The number of aryl methyl sites for hydroxylation is 1. The lowest BCUT2D eigenvalue weighted by Crippen LogP contribution is -2.38. The number of nitrogens with zero attached hydrogens (tertiary/aromatic N) is 3. The molecule has 0 aliphatic carbocycles. The zero-order valence-electron chi connectivity index (χ0n) is 19.2. The number of aromatic nitrogens is 2. The smallest absolute Gasteiger partial charge is 0.350 e. The minimum atomic E-state index is -0.329. The first-order valence-electron chi connectivity index (χ1n) is 10.6. The maximum Gasteiger partial charge on any atom is 0.350 e. The summed E-state index contributed by atoms with van der Waals surface area (Å²) >= 11 is 1.34. The van der Waals surface area contributed by atoms with Crippen LogP contribution in [0, 0.1) is 6.92 Å². The van der Waals surface area contributed by atoms with E-state index in [4.69, 9.17) is 9.26 Å². The Morgan fingerprint density at radius 2 is 2.00 bits per heavy atom. The molecule has 0 radical (unpaired) electrons. The Kier molecular flexibility index (Phi) is 12.1. The topological polar surface area (TPSA) is 102 Å². The fourth-order valence-corrected chi connectivity index (χ4v) is 4.00. The van der Waals surface area contributed by atoms with Crippen molar-refractivity contribution in [3.05, 3.63) is 33.1 Å². The van der Waals surface area contributed by atoms with Crippen molar-refractivity contribution >= 4 is 47.2 Å². The number of nitrogens with one attached hydrogen (secondary N) is 2. The number of aliphatic imine (C=N–C) groups is 1. The first-order valence-corrected chi connectivity index (χ1v) is 11.4. The van der Waals surface area contributed by atoms with Gasteiger partial charge in [-0.25, -0.2) is 14.8 Å². The van der Waals surface area contributed by atoms with E-state index in [1.165, 1.54) is 11.3 Å². The molecule has 1 atom stereocenters. The number of thiazole rings is 1. The van der Waals surface area contributed by atoms with Gasteiger partial charge in [-0.2, -0.15) is 0 Å². The molecule has 0 fully saturated rings. The molecule has 10 heteroatoms. The van der Waals surface area contributed by atoms with Gasteiger partial charge in [0.25, 0.3) is 0 Å². The lowest BCUT2D eigenvalue weighted by atomic mass is 9.99. The molecule has 2 aromatic rings. The van der Waals surface area contributed by atoms with E-state index in [1.54, 1.807) is 6.92 Å². The maximum absolute atomic E-state index is 12.1. The number of carbonyl (C=O) groups is 1. The third-order valence-electron chi connectivity index (χ3n) is 4.72. The van der Waals surface area contributed by atoms with Gasteiger partial charge in [0.2, 0.25) is 0 Å². The Bertz CT molecular complexity index is 848. The molecule has 8 nitrogen and oxygen atoms in total. The molecule has 0 bridgehead atoms. The molecule has 0 amide bonds. The molecule has 2 aromatic heterocycles. The Hall–Kier alpha value is -1.69. The van der Waals surface area contributed by atoms with Crippen molar-refractivity contribution in [2.24, 2.45) is 4.99 Å². The molecule has 31 heavy (non-hydrogen) atoms. The summed E-state index contributed by atoms with van der Waals surface area (Å²) in [6.07, 6.45) is 2.07. The van der Waals surface area contributed by atoms with Gasteiger partial charge < -0.3 is 19.9 Å². The third-order valence-corrected chi connectivity index (χ3v) is 6.04. The normalized spacial score (nSPS) is 12.4. The summed E-state index contributed by atoms with van der Waals surface area (Å²) < 4.78 is 10.6. The molecule has 0 aromatic carbocycles. The van der Waals surface area contributed by atoms with Gasteiger partial charge in [-0.1, -0.05) is 19.0 Å². The van der Waals surface area contributed by atoms with Crippen LogP contribution in [0.15, 0.2) is 15.6 Å². The van der Waals surface area contributed by atoms with Crippen molar-refractivity contribution in [2.75, 3.05) is 13.2 Å². The largest absolute Gasteiger partial charge is 0.462 e. The van der Waals surface area contributed by atoms with Crippen molar-refractivity contribution in [1.82, 2.24) is 20.8 Å². The number of esters is 1. The Labute approximate surface area is 205 Å². The second-order valence-electron chi connectivity index (χ2n) is 6.98. The van der Waals surface area contributed by atoms with Crippen LogP contribution >= 0.6 is 35.3 Å². The van der Waals surface area contributed by atoms with E-state index >= 15 is 0 Å². The summed E-state index contributed by atoms with van der Waals surface area (Å²) in [7, 11) is 0. The maximum atomic E-state index is 12.1. The lowest BCUT2D eigenvalue weighted by Gasteiger charge is -2.15. The summed E-state index contributed by atoms with van der Waals surface area (Å²) in [5, 5.41) is 11.6. The van der Waals surface area contributed by atoms with Crippen molar-refractivity contribution < 1.29 is 14.1 Å². The van der Waals surface area contributed by atoms with E-state index in [1.807, 2.05) is 26.8 Å². The molecule has 2 rings (SSSR count). The highest BCUT2D eigenvalue weighted by Gasteiger charge is 2.20. The van der Waals surface area contributed by atoms with Crippen LogP contribution in [-0.4, -0.2) is 35.2 Å². The minimum absolute atomic E-state index is 0. The number of carbonyl (C=O) groups excluding carboxylic acids is 1. The molecular formula is C21H34IN5O3S. The Balaban J connectivity index is 0.00000480. The summed E-state index contributed by atoms with van der Waals surface area (Å²) in [6, 6.07) is 1.87. The average Bonchev–Trinajstić information content (AvgIpc) is 3.34. The molecule has 0 aliphatic rings. The predicted molar refractivity (Wildman–Crippen MR) is 134 cm³/mol. The highest BCUT2D eigenvalue weighted by Crippen LogP contribution is 2.25. The van der Waals surface area contributed by atoms with Gasteiger partial charge in [0.1, 0.15) is 16.4 Å². The molecular weight excluding hydrogens is 529 g/mol. The summed E-state index contributed by atoms with van der Waals surface area (Å²) in [5.41, 5.74) is 1.67. The fourth-order valence-electron chi connectivity index (χ4n) is 3.04. The zero-order valence-corrected chi connectivity index (χ0v) is 22.3. The minimum Gasteiger partial charge on any atom is -0.462 e. The Morgan fingerprint density at radius 3 is 2.61 bits per heavy atom. The molecule has 2 heterocycles. The highest BCUT2D eigenvalue weighted by atomic mass is 127. The molecule has 0 aliphatic heterocycles. The molecule has 0 saturated heterocycles. The van der Waals surface area contributed by atoms with Crippen LogP contribution in [0.25, 0.3) is 0 Å². The van der Waals surface area contributed by atoms with E-state index in [0.29, 0.717) is 35.6 Å². The standard InChI is InChI=1S/C21H33N5O3S.HI/c1-7-15(8-2)17-11-16(29-26-17)12-23-21(22-9-3)25-14(6)19-24-13(5)18(30-19)20(27)28-10-4;/h11,14-15H,7-10,12H2,1-6H3,(H2,22,23,25);1H. The number of rotatable bonds is 10. The highest BCUT2D eigenvalue weighted by molar-refractivity contribution is 14.0. The Morgan fingerprint density at radius 1 is 1.29 bits per heavy atom. The summed E-state index contributed by atoms with van der Waals surface area (Å²) in [4.78, 5) is 21.7. The van der Waals surface area contributed by atoms with Crippen molar-refractivity contribution in [3.8, 4) is 0 Å². The quantitative estimate of drug-likeness (QED) is 0.183. The van der Waals surface area contributed by atoms with Crippen LogP contribution in [0.1, 0.15) is 91.2 Å². The van der Waals surface area contributed by atoms with Gasteiger partial charge in [-0.05, 0) is 40.5 Å². The van der Waals surface area contributed by atoms with Gasteiger partial charge in [0.05, 0.1) is 24.0 Å². The van der Waals surface area contributed by atoms with E-state index in [0.717, 1.165) is 35.8 Å². The van der Waals surface area contributed by atoms with E-state index in [9.17, 15) is 4.79 Å². The van der Waals surface area contributed by atoms with Crippen LogP contribution in [0.5, 0.6) is 0 Å². The van der Waals surface area contributed by atoms with E-state index in [2.05, 4.69) is 39.6 Å². The lowest BCUT2D eigenvalue weighted by molar-refractivity contribution is 0.0531. The summed E-state index contributed by atoms with van der Waals surface area (Å²) in [5.74, 6) is 1.47. The molecule has 2 N–H and O–H groups in total. The monoisotopic (exact) mass is 563 g/mol. The number of guanidine groups is 1. The van der Waals surface area contributed by atoms with Gasteiger partial charge in [-0.15, -0.1) is 35.3 Å². The molecule has 1 unspecified atom stereocenters. The zero-order chi connectivity index (χ0) is 22.1. The SMILES string of the molecule is CCNC(=NCc1cc(C(CC)CC)no1)NC(C)c1nc(C)c(C(=O)OCC)s1.I. The predicted octanol–water partition coefficient (Wildman–Crippen LogP) is 4.95. The number of ether oxygens (including phenoxy) is 1. The third kappa shape index (κ3) is 7.74. The van der Waals surface area contributed by atoms with Crippen LogP contribution in [0.4, 0.5) is 0 Å². The van der Waals surface area contributed by atoms with E-state index < -0.39 is 0 Å². The van der Waals surface area contributed by atoms with Gasteiger partial charge in [0.15, 0.2) is 11.7 Å². The van der Waals surface area contributed by atoms with Crippen LogP contribution in [-0.2, 0) is 11.3 Å².